The van der Waals surface area contributed by atoms with Gasteiger partial charge >= 0.3 is 0 Å². The highest BCUT2D eigenvalue weighted by atomic mass is 16.3. The molecule has 0 unspecified atom stereocenters. The fourth-order valence-electron chi connectivity index (χ4n) is 1.90. The maximum absolute atomic E-state index is 9.72. The molecule has 2 aliphatic rings. The zero-order valence-electron chi connectivity index (χ0n) is 7.37. The Balaban J connectivity index is 1.83. The van der Waals surface area contributed by atoms with Gasteiger partial charge in [0.1, 0.15) is 0 Å². The molecule has 0 bridgehead atoms. The highest BCUT2D eigenvalue weighted by Gasteiger charge is 2.37. The number of hydrogen-bond acceptors (Lipinski definition) is 3. The lowest BCUT2D eigenvalue weighted by Gasteiger charge is -2.37. The molecule has 2 N–H and O–H groups in total. The summed E-state index contributed by atoms with van der Waals surface area (Å²) >= 11 is 0. The lowest BCUT2D eigenvalue weighted by atomic mass is 9.92. The molecule has 2 rings (SSSR count). The maximum Gasteiger partial charge on any atom is 0.0901 e. The fraction of sp³-hybridized carbons (Fsp3) is 1.00. The van der Waals surface area contributed by atoms with Gasteiger partial charge in [0.05, 0.1) is 12.2 Å². The van der Waals surface area contributed by atoms with Crippen LogP contribution >= 0.6 is 0 Å². The first-order valence-electron chi connectivity index (χ1n) is 4.81. The zero-order chi connectivity index (χ0) is 8.60. The fourth-order valence-corrected chi connectivity index (χ4v) is 1.90. The van der Waals surface area contributed by atoms with E-state index in [2.05, 4.69) is 4.90 Å². The molecule has 12 heavy (non-hydrogen) atoms. The second-order valence-corrected chi connectivity index (χ2v) is 4.15. The number of aliphatic hydroxyl groups is 2. The standard InChI is InChI=1S/C9H17NO2/c11-7-9(12)3-5-10(6-4-9)8-1-2-8/h8,11-12H,1-7H2. The summed E-state index contributed by atoms with van der Waals surface area (Å²) in [6.45, 7) is 1.84. The van der Waals surface area contributed by atoms with Crippen LogP contribution in [-0.4, -0.2) is 46.5 Å². The molecule has 0 amide bonds. The van der Waals surface area contributed by atoms with Crippen molar-refractivity contribution >= 4 is 0 Å². The van der Waals surface area contributed by atoms with E-state index in [1.165, 1.54) is 12.8 Å². The molecule has 3 nitrogen and oxygen atoms in total. The first-order chi connectivity index (χ1) is 5.73. The third-order valence-electron chi connectivity index (χ3n) is 3.09. The van der Waals surface area contributed by atoms with Crippen LogP contribution in [0.3, 0.4) is 0 Å². The van der Waals surface area contributed by atoms with Crippen LogP contribution < -0.4 is 0 Å². The molecule has 1 saturated heterocycles. The molecule has 0 aromatic carbocycles. The summed E-state index contributed by atoms with van der Waals surface area (Å²) in [5, 5.41) is 18.6. The molecule has 1 heterocycles. The van der Waals surface area contributed by atoms with Gasteiger partial charge < -0.3 is 15.1 Å². The second kappa shape index (κ2) is 2.98. The van der Waals surface area contributed by atoms with Gasteiger partial charge in [-0.2, -0.15) is 0 Å². The van der Waals surface area contributed by atoms with Crippen molar-refractivity contribution in [2.75, 3.05) is 19.7 Å². The number of hydrogen-bond donors (Lipinski definition) is 2. The van der Waals surface area contributed by atoms with Gasteiger partial charge in [-0.1, -0.05) is 0 Å². The van der Waals surface area contributed by atoms with E-state index in [1.807, 2.05) is 0 Å². The summed E-state index contributed by atoms with van der Waals surface area (Å²) in [4.78, 5) is 2.43. The molecule has 1 aliphatic carbocycles. The van der Waals surface area contributed by atoms with E-state index in [4.69, 9.17) is 5.11 Å². The largest absolute Gasteiger partial charge is 0.393 e. The van der Waals surface area contributed by atoms with Gasteiger partial charge in [-0.3, -0.25) is 0 Å². The molecule has 2 fully saturated rings. The Morgan fingerprint density at radius 2 is 1.83 bits per heavy atom. The number of rotatable bonds is 2. The lowest BCUT2D eigenvalue weighted by molar-refractivity contribution is -0.0606. The lowest BCUT2D eigenvalue weighted by Crippen LogP contribution is -2.47. The molecule has 0 atom stereocenters. The molecule has 1 saturated carbocycles. The van der Waals surface area contributed by atoms with Crippen molar-refractivity contribution in [1.82, 2.24) is 4.90 Å². The summed E-state index contributed by atoms with van der Waals surface area (Å²) in [5.41, 5.74) is -0.772. The topological polar surface area (TPSA) is 43.7 Å². The van der Waals surface area contributed by atoms with Gasteiger partial charge in [0.15, 0.2) is 0 Å². The van der Waals surface area contributed by atoms with Crippen LogP contribution in [0, 0.1) is 0 Å². The Hall–Kier alpha value is -0.120. The molecule has 70 valence electrons. The first-order valence-corrected chi connectivity index (χ1v) is 4.81. The first kappa shape index (κ1) is 8.48. The molecule has 1 aliphatic heterocycles. The van der Waals surface area contributed by atoms with Gasteiger partial charge in [0.25, 0.3) is 0 Å². The molecule has 0 radical (unpaired) electrons. The Labute approximate surface area is 73.0 Å². The second-order valence-electron chi connectivity index (χ2n) is 4.15. The maximum atomic E-state index is 9.72. The molecule has 0 aromatic heterocycles. The highest BCUT2D eigenvalue weighted by Crippen LogP contribution is 2.31. The van der Waals surface area contributed by atoms with Crippen molar-refractivity contribution in [3.8, 4) is 0 Å². The Kier molecular flexibility index (Phi) is 2.10. The van der Waals surface area contributed by atoms with Crippen LogP contribution in [0.2, 0.25) is 0 Å². The minimum atomic E-state index is -0.772. The van der Waals surface area contributed by atoms with Crippen LogP contribution in [-0.2, 0) is 0 Å². The van der Waals surface area contributed by atoms with E-state index in [0.29, 0.717) is 0 Å². The quantitative estimate of drug-likeness (QED) is 0.613. The number of nitrogens with zero attached hydrogens (tertiary/aromatic N) is 1. The predicted octanol–water partition coefficient (Wildman–Crippen LogP) is -0.0320. The summed E-state index contributed by atoms with van der Waals surface area (Å²) < 4.78 is 0. The van der Waals surface area contributed by atoms with Gasteiger partial charge in [0, 0.05) is 19.1 Å². The van der Waals surface area contributed by atoms with E-state index in [9.17, 15) is 5.11 Å². The molecule has 3 heteroatoms. The van der Waals surface area contributed by atoms with Crippen molar-refractivity contribution < 1.29 is 10.2 Å². The van der Waals surface area contributed by atoms with Crippen LogP contribution in [0.25, 0.3) is 0 Å². The Morgan fingerprint density at radius 1 is 1.25 bits per heavy atom. The number of piperidine rings is 1. The van der Waals surface area contributed by atoms with Gasteiger partial charge in [0.2, 0.25) is 0 Å². The molecule has 0 spiro atoms. The summed E-state index contributed by atoms with van der Waals surface area (Å²) in [6, 6.07) is 0.799. The van der Waals surface area contributed by atoms with Gasteiger partial charge in [-0.05, 0) is 25.7 Å². The normalized spacial score (nSPS) is 30.5. The average molecular weight is 171 g/mol. The monoisotopic (exact) mass is 171 g/mol. The van der Waals surface area contributed by atoms with Crippen molar-refractivity contribution in [2.24, 2.45) is 0 Å². The predicted molar refractivity (Wildman–Crippen MR) is 45.9 cm³/mol. The van der Waals surface area contributed by atoms with E-state index in [0.717, 1.165) is 32.0 Å². The summed E-state index contributed by atoms with van der Waals surface area (Å²) in [7, 11) is 0. The van der Waals surface area contributed by atoms with Crippen LogP contribution in [0.4, 0.5) is 0 Å². The average Bonchev–Trinajstić information content (AvgIpc) is 2.89. The smallest absolute Gasteiger partial charge is 0.0901 e. The van der Waals surface area contributed by atoms with E-state index < -0.39 is 5.60 Å². The van der Waals surface area contributed by atoms with Crippen molar-refractivity contribution in [3.63, 3.8) is 0 Å². The van der Waals surface area contributed by atoms with E-state index in [-0.39, 0.29) is 6.61 Å². The van der Waals surface area contributed by atoms with E-state index >= 15 is 0 Å². The molecular formula is C9H17NO2. The van der Waals surface area contributed by atoms with Crippen LogP contribution in [0.1, 0.15) is 25.7 Å². The van der Waals surface area contributed by atoms with Gasteiger partial charge in [-0.25, -0.2) is 0 Å². The third kappa shape index (κ3) is 1.63. The van der Waals surface area contributed by atoms with E-state index in [1.54, 1.807) is 0 Å². The molecule has 0 aromatic rings. The third-order valence-corrected chi connectivity index (χ3v) is 3.09. The molecular weight excluding hydrogens is 154 g/mol. The summed E-state index contributed by atoms with van der Waals surface area (Å²) in [6.07, 6.45) is 4.13. The Morgan fingerprint density at radius 3 is 2.25 bits per heavy atom. The van der Waals surface area contributed by atoms with Crippen LogP contribution in [0.5, 0.6) is 0 Å². The SMILES string of the molecule is OCC1(O)CCN(C2CC2)CC1. The summed E-state index contributed by atoms with van der Waals surface area (Å²) in [5.74, 6) is 0. The zero-order valence-corrected chi connectivity index (χ0v) is 7.37. The van der Waals surface area contributed by atoms with Crippen molar-refractivity contribution in [3.05, 3.63) is 0 Å². The number of likely N-dealkylation sites (tertiary alicyclic amines) is 1. The Bertz CT molecular complexity index is 160. The highest BCUT2D eigenvalue weighted by molar-refractivity contribution is 4.92. The minimum Gasteiger partial charge on any atom is -0.393 e. The van der Waals surface area contributed by atoms with Gasteiger partial charge in [-0.15, -0.1) is 0 Å². The van der Waals surface area contributed by atoms with Crippen molar-refractivity contribution in [1.29, 1.82) is 0 Å². The van der Waals surface area contributed by atoms with Crippen molar-refractivity contribution in [2.45, 2.75) is 37.3 Å². The van der Waals surface area contributed by atoms with Crippen LogP contribution in [0.15, 0.2) is 0 Å². The number of aliphatic hydroxyl groups excluding tert-OH is 1. The minimum absolute atomic E-state index is 0.0779.